The molecule has 1 aliphatic heterocycles. The second kappa shape index (κ2) is 11.1. The zero-order chi connectivity index (χ0) is 22.9. The summed E-state index contributed by atoms with van der Waals surface area (Å²) in [6.45, 7) is 0.126. The number of carbonyl (C=O) groups excluding carboxylic acids is 4. The highest BCUT2D eigenvalue weighted by molar-refractivity contribution is 5.96. The van der Waals surface area contributed by atoms with Crippen LogP contribution in [0.4, 0.5) is 5.69 Å². The van der Waals surface area contributed by atoms with E-state index in [0.717, 1.165) is 24.1 Å². The van der Waals surface area contributed by atoms with E-state index in [1.807, 2.05) is 30.3 Å². The fraction of sp³-hybridized carbons (Fsp3) is 0.333. The molecule has 2 aromatic carbocycles. The Hall–Kier alpha value is -3.68. The van der Waals surface area contributed by atoms with Gasteiger partial charge in [0.2, 0.25) is 5.91 Å². The third-order valence-electron chi connectivity index (χ3n) is 5.18. The van der Waals surface area contributed by atoms with Crippen molar-refractivity contribution in [3.8, 4) is 0 Å². The van der Waals surface area contributed by atoms with E-state index in [1.54, 1.807) is 29.2 Å². The SMILES string of the molecule is COC(=O)C(Cc1ccccc1)NC(=O)COC(=O)c1ccc(N2CCCCC2=O)cc1. The zero-order valence-electron chi connectivity index (χ0n) is 17.9. The molecule has 1 heterocycles. The molecule has 1 saturated heterocycles. The highest BCUT2D eigenvalue weighted by atomic mass is 16.5. The Labute approximate surface area is 186 Å². The van der Waals surface area contributed by atoms with E-state index in [9.17, 15) is 19.2 Å². The van der Waals surface area contributed by atoms with Gasteiger partial charge in [-0.3, -0.25) is 9.59 Å². The number of ether oxygens (including phenoxy) is 2. The fourth-order valence-corrected chi connectivity index (χ4v) is 3.49. The van der Waals surface area contributed by atoms with Gasteiger partial charge >= 0.3 is 11.9 Å². The van der Waals surface area contributed by atoms with Gasteiger partial charge < -0.3 is 19.7 Å². The van der Waals surface area contributed by atoms with Gasteiger partial charge in [0.05, 0.1) is 12.7 Å². The van der Waals surface area contributed by atoms with Gasteiger partial charge in [-0.05, 0) is 42.7 Å². The standard InChI is InChI=1S/C24H26N2O6/c1-31-24(30)20(15-17-7-3-2-4-8-17)25-21(27)16-32-23(29)18-10-12-19(13-11-18)26-14-6-5-9-22(26)28/h2-4,7-8,10-13,20H,5-6,9,14-16H2,1H3,(H,25,27). The highest BCUT2D eigenvalue weighted by Crippen LogP contribution is 2.21. The number of benzene rings is 2. The second-order valence-corrected chi connectivity index (χ2v) is 7.46. The smallest absolute Gasteiger partial charge is 0.338 e. The van der Waals surface area contributed by atoms with Crippen molar-refractivity contribution in [2.24, 2.45) is 0 Å². The molecule has 1 N–H and O–H groups in total. The molecule has 1 fully saturated rings. The van der Waals surface area contributed by atoms with Crippen molar-refractivity contribution in [3.05, 3.63) is 65.7 Å². The summed E-state index contributed by atoms with van der Waals surface area (Å²) < 4.78 is 9.84. The average molecular weight is 438 g/mol. The number of carbonyl (C=O) groups is 4. The quantitative estimate of drug-likeness (QED) is 0.635. The number of hydrogen-bond acceptors (Lipinski definition) is 6. The summed E-state index contributed by atoms with van der Waals surface area (Å²) in [5.74, 6) is -1.80. The summed E-state index contributed by atoms with van der Waals surface area (Å²) in [4.78, 5) is 50.3. The van der Waals surface area contributed by atoms with Crippen LogP contribution in [0, 0.1) is 0 Å². The normalized spacial score (nSPS) is 14.4. The molecular formula is C24H26N2O6. The highest BCUT2D eigenvalue weighted by Gasteiger charge is 2.23. The third kappa shape index (κ3) is 6.16. The Kier molecular flexibility index (Phi) is 7.96. The van der Waals surface area contributed by atoms with E-state index in [2.05, 4.69) is 5.32 Å². The maximum Gasteiger partial charge on any atom is 0.338 e. The average Bonchev–Trinajstić information content (AvgIpc) is 2.82. The van der Waals surface area contributed by atoms with Crippen LogP contribution in [-0.4, -0.2) is 50.1 Å². The lowest BCUT2D eigenvalue weighted by Gasteiger charge is -2.26. The molecule has 0 bridgehead atoms. The molecular weight excluding hydrogens is 412 g/mol. The predicted molar refractivity (Wildman–Crippen MR) is 117 cm³/mol. The molecule has 0 aromatic heterocycles. The van der Waals surface area contributed by atoms with Crippen LogP contribution in [0.1, 0.15) is 35.2 Å². The Bertz CT molecular complexity index is 958. The molecule has 0 spiro atoms. The number of amides is 2. The molecule has 2 aromatic rings. The van der Waals surface area contributed by atoms with Gasteiger partial charge in [-0.15, -0.1) is 0 Å². The van der Waals surface area contributed by atoms with Crippen molar-refractivity contribution in [1.82, 2.24) is 5.32 Å². The second-order valence-electron chi connectivity index (χ2n) is 7.46. The van der Waals surface area contributed by atoms with Crippen LogP contribution < -0.4 is 10.2 Å². The predicted octanol–water partition coefficient (Wildman–Crippen LogP) is 2.26. The number of hydrogen-bond donors (Lipinski definition) is 1. The first-order valence-corrected chi connectivity index (χ1v) is 10.5. The lowest BCUT2D eigenvalue weighted by Crippen LogP contribution is -2.44. The van der Waals surface area contributed by atoms with Gasteiger partial charge in [-0.1, -0.05) is 30.3 Å². The van der Waals surface area contributed by atoms with E-state index in [4.69, 9.17) is 9.47 Å². The minimum Gasteiger partial charge on any atom is -0.467 e. The summed E-state index contributed by atoms with van der Waals surface area (Å²) >= 11 is 0. The Morgan fingerprint density at radius 2 is 1.75 bits per heavy atom. The summed E-state index contributed by atoms with van der Waals surface area (Å²) in [7, 11) is 1.24. The molecule has 0 radical (unpaired) electrons. The Balaban J connectivity index is 1.53. The van der Waals surface area contributed by atoms with Crippen molar-refractivity contribution in [2.45, 2.75) is 31.7 Å². The van der Waals surface area contributed by atoms with Gasteiger partial charge in [-0.2, -0.15) is 0 Å². The van der Waals surface area contributed by atoms with Crippen molar-refractivity contribution < 1.29 is 28.7 Å². The fourth-order valence-electron chi connectivity index (χ4n) is 3.49. The van der Waals surface area contributed by atoms with E-state index in [0.29, 0.717) is 13.0 Å². The van der Waals surface area contributed by atoms with E-state index < -0.39 is 30.5 Å². The molecule has 8 heteroatoms. The van der Waals surface area contributed by atoms with E-state index in [1.165, 1.54) is 7.11 Å². The molecule has 0 saturated carbocycles. The minimum atomic E-state index is -0.894. The monoisotopic (exact) mass is 438 g/mol. The molecule has 0 aliphatic carbocycles. The molecule has 8 nitrogen and oxygen atoms in total. The summed E-state index contributed by atoms with van der Waals surface area (Å²) in [5, 5.41) is 2.55. The molecule has 168 valence electrons. The van der Waals surface area contributed by atoms with Gasteiger partial charge in [0.1, 0.15) is 6.04 Å². The van der Waals surface area contributed by atoms with E-state index >= 15 is 0 Å². The van der Waals surface area contributed by atoms with Crippen LogP contribution in [0.2, 0.25) is 0 Å². The summed E-state index contributed by atoms with van der Waals surface area (Å²) in [5.41, 5.74) is 1.85. The maximum absolute atomic E-state index is 12.3. The number of piperidine rings is 1. The zero-order valence-corrected chi connectivity index (χ0v) is 17.9. The first-order chi connectivity index (χ1) is 15.5. The number of rotatable bonds is 8. The minimum absolute atomic E-state index is 0.0684. The number of methoxy groups -OCH3 is 1. The van der Waals surface area contributed by atoms with Gasteiger partial charge in [-0.25, -0.2) is 9.59 Å². The van der Waals surface area contributed by atoms with Crippen molar-refractivity contribution in [1.29, 1.82) is 0 Å². The third-order valence-corrected chi connectivity index (χ3v) is 5.18. The topological polar surface area (TPSA) is 102 Å². The van der Waals surface area contributed by atoms with Crippen LogP contribution in [0.25, 0.3) is 0 Å². The van der Waals surface area contributed by atoms with E-state index in [-0.39, 0.29) is 17.9 Å². The van der Waals surface area contributed by atoms with Gasteiger partial charge in [0.25, 0.3) is 5.91 Å². The molecule has 1 aliphatic rings. The molecule has 1 atom stereocenters. The summed E-state index contributed by atoms with van der Waals surface area (Å²) in [6, 6.07) is 14.8. The van der Waals surface area contributed by atoms with Gasteiger partial charge in [0, 0.05) is 25.1 Å². The molecule has 32 heavy (non-hydrogen) atoms. The van der Waals surface area contributed by atoms with Crippen molar-refractivity contribution >= 4 is 29.4 Å². The lowest BCUT2D eigenvalue weighted by molar-refractivity contribution is -0.145. The Morgan fingerprint density at radius 3 is 2.41 bits per heavy atom. The van der Waals surface area contributed by atoms with Crippen LogP contribution in [-0.2, 0) is 30.3 Å². The maximum atomic E-state index is 12.3. The van der Waals surface area contributed by atoms with Crippen LogP contribution in [0.15, 0.2) is 54.6 Å². The lowest BCUT2D eigenvalue weighted by atomic mass is 10.1. The van der Waals surface area contributed by atoms with Gasteiger partial charge in [0.15, 0.2) is 6.61 Å². The number of nitrogens with zero attached hydrogens (tertiary/aromatic N) is 1. The number of esters is 2. The number of nitrogens with one attached hydrogen (secondary N) is 1. The Morgan fingerprint density at radius 1 is 1.03 bits per heavy atom. The largest absolute Gasteiger partial charge is 0.467 e. The summed E-state index contributed by atoms with van der Waals surface area (Å²) in [6.07, 6.45) is 2.62. The molecule has 2 amide bonds. The van der Waals surface area contributed by atoms with Crippen molar-refractivity contribution in [3.63, 3.8) is 0 Å². The number of anilines is 1. The molecule has 3 rings (SSSR count). The van der Waals surface area contributed by atoms with Crippen LogP contribution in [0.5, 0.6) is 0 Å². The first kappa shape index (κ1) is 23.0. The van der Waals surface area contributed by atoms with Crippen molar-refractivity contribution in [2.75, 3.05) is 25.2 Å². The van der Waals surface area contributed by atoms with Crippen LogP contribution >= 0.6 is 0 Å². The first-order valence-electron chi connectivity index (χ1n) is 10.5. The van der Waals surface area contributed by atoms with Crippen LogP contribution in [0.3, 0.4) is 0 Å². The molecule has 1 unspecified atom stereocenters.